The average Bonchev–Trinajstić information content (AvgIpc) is 3.09. The summed E-state index contributed by atoms with van der Waals surface area (Å²) in [7, 11) is 0. The van der Waals surface area contributed by atoms with Crippen LogP contribution in [0, 0.1) is 17.0 Å². The first-order valence-electron chi connectivity index (χ1n) is 8.94. The van der Waals surface area contributed by atoms with Crippen molar-refractivity contribution >= 4 is 38.2 Å². The largest absolute Gasteiger partial charge is 0.434 e. The minimum Gasteiger partial charge on any atom is -0.434 e. The molecule has 2 heterocycles. The number of ether oxygens (including phenoxy) is 1. The van der Waals surface area contributed by atoms with Gasteiger partial charge in [0.25, 0.3) is 0 Å². The van der Waals surface area contributed by atoms with E-state index in [2.05, 4.69) is 20.3 Å². The Morgan fingerprint density at radius 3 is 2.69 bits per heavy atom. The normalized spacial score (nSPS) is 10.8. The summed E-state index contributed by atoms with van der Waals surface area (Å²) >= 11 is 1.39. The molecular formula is C20H17N5O3S. The maximum absolute atomic E-state index is 11.7. The van der Waals surface area contributed by atoms with Gasteiger partial charge in [-0.3, -0.25) is 10.1 Å². The molecule has 0 saturated heterocycles. The van der Waals surface area contributed by atoms with Crippen LogP contribution in [0.2, 0.25) is 0 Å². The molecule has 9 heteroatoms. The molecule has 4 aromatic rings. The first-order chi connectivity index (χ1) is 14.0. The van der Waals surface area contributed by atoms with Gasteiger partial charge in [-0.1, -0.05) is 36.5 Å². The van der Waals surface area contributed by atoms with Crippen LogP contribution in [0.3, 0.4) is 0 Å². The first kappa shape index (κ1) is 18.8. The third-order valence-corrected chi connectivity index (χ3v) is 5.22. The molecule has 0 saturated carbocycles. The summed E-state index contributed by atoms with van der Waals surface area (Å²) < 4.78 is 6.66. The van der Waals surface area contributed by atoms with Gasteiger partial charge in [0.15, 0.2) is 5.13 Å². The summed E-state index contributed by atoms with van der Waals surface area (Å²) in [4.78, 5) is 23.6. The Bertz CT molecular complexity index is 1190. The molecule has 4 rings (SSSR count). The summed E-state index contributed by atoms with van der Waals surface area (Å²) in [5.74, 6) is 0.361. The summed E-state index contributed by atoms with van der Waals surface area (Å²) in [5, 5.41) is 15.2. The Morgan fingerprint density at radius 2 is 1.97 bits per heavy atom. The van der Waals surface area contributed by atoms with E-state index in [-0.39, 0.29) is 17.4 Å². The highest BCUT2D eigenvalue weighted by atomic mass is 32.1. The summed E-state index contributed by atoms with van der Waals surface area (Å²) in [5.41, 5.74) is 2.73. The topological polar surface area (TPSA) is 103 Å². The van der Waals surface area contributed by atoms with E-state index in [1.807, 2.05) is 44.2 Å². The van der Waals surface area contributed by atoms with E-state index in [1.165, 1.54) is 17.7 Å². The lowest BCUT2D eigenvalue weighted by Crippen LogP contribution is -2.03. The number of aromatic nitrogens is 3. The minimum absolute atomic E-state index is 0.0287. The lowest BCUT2D eigenvalue weighted by Gasteiger charge is -2.08. The van der Waals surface area contributed by atoms with Crippen LogP contribution in [0.4, 0.5) is 16.6 Å². The fourth-order valence-corrected chi connectivity index (χ4v) is 3.75. The predicted octanol–water partition coefficient (Wildman–Crippen LogP) is 5.40. The van der Waals surface area contributed by atoms with Crippen molar-refractivity contribution < 1.29 is 9.66 Å². The smallest absolute Gasteiger partial charge is 0.373 e. The van der Waals surface area contributed by atoms with Gasteiger partial charge in [0.1, 0.15) is 12.1 Å². The van der Waals surface area contributed by atoms with Crippen molar-refractivity contribution in [2.75, 3.05) is 5.32 Å². The molecule has 0 aliphatic carbocycles. The number of rotatable bonds is 6. The Kier molecular flexibility index (Phi) is 5.05. The van der Waals surface area contributed by atoms with Gasteiger partial charge in [0.05, 0.1) is 15.1 Å². The number of nitro groups is 1. The van der Waals surface area contributed by atoms with Crippen LogP contribution in [0.5, 0.6) is 11.6 Å². The molecule has 2 aromatic carbocycles. The Labute approximate surface area is 170 Å². The average molecular weight is 407 g/mol. The molecule has 0 spiro atoms. The van der Waals surface area contributed by atoms with Crippen LogP contribution in [0.1, 0.15) is 18.1 Å². The number of hydrogen-bond acceptors (Lipinski definition) is 8. The van der Waals surface area contributed by atoms with Crippen LogP contribution in [0.15, 0.2) is 48.8 Å². The van der Waals surface area contributed by atoms with Gasteiger partial charge in [0.2, 0.25) is 5.82 Å². The van der Waals surface area contributed by atoms with Crippen LogP contribution >= 0.6 is 11.3 Å². The monoisotopic (exact) mass is 407 g/mol. The third-order valence-electron chi connectivity index (χ3n) is 4.29. The van der Waals surface area contributed by atoms with Gasteiger partial charge < -0.3 is 10.1 Å². The number of benzene rings is 2. The second kappa shape index (κ2) is 7.80. The zero-order valence-electron chi connectivity index (χ0n) is 15.7. The molecule has 0 atom stereocenters. The highest BCUT2D eigenvalue weighted by Gasteiger charge is 2.26. The van der Waals surface area contributed by atoms with Crippen LogP contribution in [-0.2, 0) is 6.42 Å². The Morgan fingerprint density at radius 1 is 1.17 bits per heavy atom. The molecule has 0 amide bonds. The molecule has 1 N–H and O–H groups in total. The van der Waals surface area contributed by atoms with Gasteiger partial charge in [-0.05, 0) is 48.7 Å². The first-order valence-corrected chi connectivity index (χ1v) is 9.75. The van der Waals surface area contributed by atoms with Crippen molar-refractivity contribution in [3.8, 4) is 11.6 Å². The zero-order chi connectivity index (χ0) is 20.4. The van der Waals surface area contributed by atoms with E-state index in [0.717, 1.165) is 27.8 Å². The maximum atomic E-state index is 11.7. The number of aryl methyl sites for hydroxylation is 2. The zero-order valence-corrected chi connectivity index (χ0v) is 16.6. The van der Waals surface area contributed by atoms with E-state index >= 15 is 0 Å². The van der Waals surface area contributed by atoms with Gasteiger partial charge in [-0.15, -0.1) is 0 Å². The second-order valence-corrected chi connectivity index (χ2v) is 7.38. The second-order valence-electron chi connectivity index (χ2n) is 6.35. The van der Waals surface area contributed by atoms with Crippen LogP contribution in [0.25, 0.3) is 10.2 Å². The van der Waals surface area contributed by atoms with E-state index in [1.54, 1.807) is 12.1 Å². The Balaban J connectivity index is 1.67. The molecule has 0 aliphatic rings. The highest BCUT2D eigenvalue weighted by Crippen LogP contribution is 2.37. The molecule has 8 nitrogen and oxygen atoms in total. The van der Waals surface area contributed by atoms with E-state index in [9.17, 15) is 10.1 Å². The standard InChI is InChI=1S/C20H17N5O3S/c1-3-13-5-7-14(8-6-13)28-19-17(25(26)27)18(21-11-22-19)24-20-23-15-9-4-12(2)10-16(15)29-20/h4-11H,3H2,1-2H3,(H,21,22,23,24). The maximum Gasteiger partial charge on any atom is 0.373 e. The Hall–Kier alpha value is -3.59. The van der Waals surface area contributed by atoms with Crippen LogP contribution in [-0.4, -0.2) is 19.9 Å². The van der Waals surface area contributed by atoms with Crippen molar-refractivity contribution in [3.63, 3.8) is 0 Å². The van der Waals surface area contributed by atoms with Gasteiger partial charge in [0, 0.05) is 0 Å². The lowest BCUT2D eigenvalue weighted by atomic mass is 10.2. The van der Waals surface area contributed by atoms with Crippen LogP contribution < -0.4 is 10.1 Å². The molecule has 29 heavy (non-hydrogen) atoms. The van der Waals surface area contributed by atoms with Gasteiger partial charge in [-0.25, -0.2) is 9.97 Å². The van der Waals surface area contributed by atoms with Crippen molar-refractivity contribution in [1.29, 1.82) is 0 Å². The van der Waals surface area contributed by atoms with Gasteiger partial charge >= 0.3 is 11.6 Å². The quantitative estimate of drug-likeness (QED) is 0.337. The number of thiazole rings is 1. The van der Waals surface area contributed by atoms with E-state index in [0.29, 0.717) is 10.9 Å². The van der Waals surface area contributed by atoms with Gasteiger partial charge in [-0.2, -0.15) is 4.98 Å². The molecular weight excluding hydrogens is 390 g/mol. The molecule has 2 aromatic heterocycles. The molecule has 146 valence electrons. The highest BCUT2D eigenvalue weighted by molar-refractivity contribution is 7.22. The molecule has 0 fully saturated rings. The summed E-state index contributed by atoms with van der Waals surface area (Å²) in [6, 6.07) is 13.2. The fourth-order valence-electron chi connectivity index (χ4n) is 2.78. The van der Waals surface area contributed by atoms with E-state index in [4.69, 9.17) is 4.74 Å². The number of hydrogen-bond donors (Lipinski definition) is 1. The summed E-state index contributed by atoms with van der Waals surface area (Å²) in [6.07, 6.45) is 2.12. The summed E-state index contributed by atoms with van der Waals surface area (Å²) in [6.45, 7) is 4.05. The van der Waals surface area contributed by atoms with E-state index < -0.39 is 4.92 Å². The number of fused-ring (bicyclic) bond motifs is 1. The third kappa shape index (κ3) is 3.99. The number of anilines is 2. The van der Waals surface area contributed by atoms with Crippen molar-refractivity contribution in [3.05, 3.63) is 70.0 Å². The predicted molar refractivity (Wildman–Crippen MR) is 112 cm³/mol. The van der Waals surface area contributed by atoms with Crippen molar-refractivity contribution in [1.82, 2.24) is 15.0 Å². The molecule has 0 aliphatic heterocycles. The van der Waals surface area contributed by atoms with Crippen molar-refractivity contribution in [2.24, 2.45) is 0 Å². The fraction of sp³-hybridized carbons (Fsp3) is 0.150. The molecule has 0 unspecified atom stereocenters. The molecule has 0 bridgehead atoms. The van der Waals surface area contributed by atoms with Crippen molar-refractivity contribution in [2.45, 2.75) is 20.3 Å². The lowest BCUT2D eigenvalue weighted by molar-refractivity contribution is -0.385. The number of nitrogens with one attached hydrogen (secondary N) is 1. The molecule has 0 radical (unpaired) electrons. The SMILES string of the molecule is CCc1ccc(Oc2ncnc(Nc3nc4ccc(C)cc4s3)c2[N+](=O)[O-])cc1. The minimum atomic E-state index is -0.560. The number of nitrogens with zero attached hydrogens (tertiary/aromatic N) is 4.